The van der Waals surface area contributed by atoms with E-state index in [1.54, 1.807) is 0 Å². The van der Waals surface area contributed by atoms with Gasteiger partial charge in [0.05, 0.1) is 6.61 Å². The van der Waals surface area contributed by atoms with Gasteiger partial charge in [-0.05, 0) is 56.8 Å². The minimum Gasteiger partial charge on any atom is -0.494 e. The van der Waals surface area contributed by atoms with Crippen LogP contribution < -0.4 is 15.4 Å². The van der Waals surface area contributed by atoms with Gasteiger partial charge in [0.15, 0.2) is 0 Å². The Morgan fingerprint density at radius 3 is 2.95 bits per heavy atom. The summed E-state index contributed by atoms with van der Waals surface area (Å²) in [4.78, 5) is 12.1. The molecule has 0 bridgehead atoms. The van der Waals surface area contributed by atoms with Crippen molar-refractivity contribution in [2.24, 2.45) is 5.92 Å². The third kappa shape index (κ3) is 6.06. The van der Waals surface area contributed by atoms with E-state index in [2.05, 4.69) is 17.6 Å². The van der Waals surface area contributed by atoms with Crippen LogP contribution in [0.4, 0.5) is 5.69 Å². The van der Waals surface area contributed by atoms with E-state index >= 15 is 0 Å². The van der Waals surface area contributed by atoms with Crippen molar-refractivity contribution < 1.29 is 9.53 Å². The van der Waals surface area contributed by atoms with Gasteiger partial charge in [-0.25, -0.2) is 0 Å². The van der Waals surface area contributed by atoms with Crippen LogP contribution in [0.3, 0.4) is 0 Å². The number of carbonyl (C=O) groups excluding carboxylic acids is 1. The number of nitrogens with one attached hydrogen (secondary N) is 2. The molecule has 1 aromatic rings. The highest BCUT2D eigenvalue weighted by Gasteiger charge is 2.14. The number of ether oxygens (including phenoxy) is 1. The second-order valence-corrected chi connectivity index (χ2v) is 6.01. The van der Waals surface area contributed by atoms with Gasteiger partial charge in [0, 0.05) is 18.2 Å². The summed E-state index contributed by atoms with van der Waals surface area (Å²) in [7, 11) is 0. The zero-order valence-electron chi connectivity index (χ0n) is 13.6. The van der Waals surface area contributed by atoms with Crippen molar-refractivity contribution in [3.05, 3.63) is 24.3 Å². The van der Waals surface area contributed by atoms with Crippen LogP contribution in [0.5, 0.6) is 5.75 Å². The zero-order valence-corrected chi connectivity index (χ0v) is 13.6. The Morgan fingerprint density at radius 1 is 1.36 bits per heavy atom. The minimum atomic E-state index is 0.101. The van der Waals surface area contributed by atoms with Gasteiger partial charge in [-0.15, -0.1) is 0 Å². The van der Waals surface area contributed by atoms with Crippen LogP contribution in [0.25, 0.3) is 0 Å². The fourth-order valence-corrected chi connectivity index (χ4v) is 2.73. The van der Waals surface area contributed by atoms with Gasteiger partial charge in [-0.3, -0.25) is 4.79 Å². The second-order valence-electron chi connectivity index (χ2n) is 6.01. The van der Waals surface area contributed by atoms with Gasteiger partial charge in [0.2, 0.25) is 5.91 Å². The molecule has 0 aromatic heterocycles. The van der Waals surface area contributed by atoms with E-state index in [0.29, 0.717) is 12.3 Å². The Bertz CT molecular complexity index is 456. The van der Waals surface area contributed by atoms with Gasteiger partial charge in [0.1, 0.15) is 5.75 Å². The molecule has 1 aromatic carbocycles. The maximum Gasteiger partial charge on any atom is 0.224 e. The third-order valence-electron chi connectivity index (χ3n) is 4.12. The van der Waals surface area contributed by atoms with Gasteiger partial charge in [0.25, 0.3) is 0 Å². The van der Waals surface area contributed by atoms with E-state index < -0.39 is 0 Å². The van der Waals surface area contributed by atoms with Crippen molar-refractivity contribution in [3.63, 3.8) is 0 Å². The van der Waals surface area contributed by atoms with Crippen molar-refractivity contribution in [1.29, 1.82) is 0 Å². The Kier molecular flexibility index (Phi) is 7.23. The average Bonchev–Trinajstić information content (AvgIpc) is 2.55. The fraction of sp³-hybridized carbons (Fsp3) is 0.611. The molecule has 4 nitrogen and oxygen atoms in total. The second kappa shape index (κ2) is 9.46. The number of amides is 1. The van der Waals surface area contributed by atoms with E-state index in [9.17, 15) is 4.79 Å². The van der Waals surface area contributed by atoms with Gasteiger partial charge < -0.3 is 15.4 Å². The molecular formula is C18H28N2O2. The molecule has 1 fully saturated rings. The molecule has 1 amide bonds. The first kappa shape index (κ1) is 16.8. The largest absolute Gasteiger partial charge is 0.494 e. The van der Waals surface area contributed by atoms with E-state index in [-0.39, 0.29) is 5.91 Å². The van der Waals surface area contributed by atoms with E-state index in [1.807, 2.05) is 24.3 Å². The Hall–Kier alpha value is -1.55. The summed E-state index contributed by atoms with van der Waals surface area (Å²) in [6, 6.07) is 7.66. The zero-order chi connectivity index (χ0) is 15.6. The van der Waals surface area contributed by atoms with E-state index in [4.69, 9.17) is 4.74 Å². The number of piperidine rings is 1. The molecule has 0 aliphatic carbocycles. The SMILES string of the molecule is CCCCOc1cccc(NC(=O)CCC2CCNCC2)c1. The number of benzene rings is 1. The Balaban J connectivity index is 1.74. The molecule has 0 unspecified atom stereocenters. The average molecular weight is 304 g/mol. The molecule has 2 rings (SSSR count). The summed E-state index contributed by atoms with van der Waals surface area (Å²) < 4.78 is 5.67. The van der Waals surface area contributed by atoms with Crippen LogP contribution in [0.1, 0.15) is 45.4 Å². The highest BCUT2D eigenvalue weighted by molar-refractivity contribution is 5.90. The first-order valence-electron chi connectivity index (χ1n) is 8.51. The first-order valence-corrected chi connectivity index (χ1v) is 8.51. The molecule has 122 valence electrons. The summed E-state index contributed by atoms with van der Waals surface area (Å²) in [5, 5.41) is 6.33. The molecule has 1 aliphatic rings. The molecule has 0 spiro atoms. The standard InChI is InChI=1S/C18H28N2O2/c1-2-3-13-22-17-6-4-5-16(14-17)20-18(21)8-7-15-9-11-19-12-10-15/h4-6,14-15,19H,2-3,7-13H2,1H3,(H,20,21). The molecule has 1 heterocycles. The molecule has 1 saturated heterocycles. The van der Waals surface area contributed by atoms with Crippen LogP contribution >= 0.6 is 0 Å². The summed E-state index contributed by atoms with van der Waals surface area (Å²) in [6.07, 6.45) is 6.13. The number of rotatable bonds is 8. The molecular weight excluding hydrogens is 276 g/mol. The first-order chi connectivity index (χ1) is 10.8. The normalized spacial score (nSPS) is 15.5. The maximum absolute atomic E-state index is 12.1. The summed E-state index contributed by atoms with van der Waals surface area (Å²) in [5.74, 6) is 1.62. The van der Waals surface area contributed by atoms with Crippen LogP contribution in [0.15, 0.2) is 24.3 Å². The van der Waals surface area contributed by atoms with Crippen LogP contribution in [-0.4, -0.2) is 25.6 Å². The van der Waals surface area contributed by atoms with Crippen molar-refractivity contribution in [2.75, 3.05) is 25.0 Å². The van der Waals surface area contributed by atoms with Crippen LogP contribution in [-0.2, 0) is 4.79 Å². The maximum atomic E-state index is 12.1. The quantitative estimate of drug-likeness (QED) is 0.722. The number of carbonyl (C=O) groups is 1. The Morgan fingerprint density at radius 2 is 2.18 bits per heavy atom. The predicted octanol–water partition coefficient (Wildman–Crippen LogP) is 3.58. The molecule has 0 saturated carbocycles. The smallest absolute Gasteiger partial charge is 0.224 e. The van der Waals surface area contributed by atoms with E-state index in [1.165, 1.54) is 12.8 Å². The number of hydrogen-bond donors (Lipinski definition) is 2. The lowest BCUT2D eigenvalue weighted by molar-refractivity contribution is -0.116. The van der Waals surface area contributed by atoms with E-state index in [0.717, 1.165) is 50.4 Å². The summed E-state index contributed by atoms with van der Waals surface area (Å²) >= 11 is 0. The van der Waals surface area contributed by atoms with Crippen molar-refractivity contribution in [2.45, 2.75) is 45.4 Å². The lowest BCUT2D eigenvalue weighted by Crippen LogP contribution is -2.28. The molecule has 4 heteroatoms. The van der Waals surface area contributed by atoms with Crippen LogP contribution in [0, 0.1) is 5.92 Å². The topological polar surface area (TPSA) is 50.4 Å². The lowest BCUT2D eigenvalue weighted by atomic mass is 9.93. The molecule has 2 N–H and O–H groups in total. The van der Waals surface area contributed by atoms with Crippen molar-refractivity contribution in [3.8, 4) is 5.75 Å². The predicted molar refractivity (Wildman–Crippen MR) is 90.3 cm³/mol. The number of unbranched alkanes of at least 4 members (excludes halogenated alkanes) is 1. The van der Waals surface area contributed by atoms with Crippen molar-refractivity contribution >= 4 is 11.6 Å². The van der Waals surface area contributed by atoms with Gasteiger partial charge in [-0.2, -0.15) is 0 Å². The minimum absolute atomic E-state index is 0.101. The number of anilines is 1. The Labute approximate surface area is 133 Å². The summed E-state index contributed by atoms with van der Waals surface area (Å²) in [6.45, 7) is 5.04. The summed E-state index contributed by atoms with van der Waals surface area (Å²) in [5.41, 5.74) is 0.823. The fourth-order valence-electron chi connectivity index (χ4n) is 2.73. The van der Waals surface area contributed by atoms with Gasteiger partial charge >= 0.3 is 0 Å². The molecule has 0 radical (unpaired) electrons. The highest BCUT2D eigenvalue weighted by atomic mass is 16.5. The molecule has 1 aliphatic heterocycles. The number of hydrogen-bond acceptors (Lipinski definition) is 3. The highest BCUT2D eigenvalue weighted by Crippen LogP contribution is 2.20. The monoisotopic (exact) mass is 304 g/mol. The molecule has 22 heavy (non-hydrogen) atoms. The lowest BCUT2D eigenvalue weighted by Gasteiger charge is -2.22. The van der Waals surface area contributed by atoms with Crippen molar-refractivity contribution in [1.82, 2.24) is 5.32 Å². The molecule has 0 atom stereocenters. The van der Waals surface area contributed by atoms with Gasteiger partial charge in [-0.1, -0.05) is 19.4 Å². The third-order valence-corrected chi connectivity index (χ3v) is 4.12. The van der Waals surface area contributed by atoms with Crippen LogP contribution in [0.2, 0.25) is 0 Å².